The molecule has 1 aromatic carbocycles. The maximum absolute atomic E-state index is 5.99. The lowest BCUT2D eigenvalue weighted by atomic mass is 10.1. The van der Waals surface area contributed by atoms with Crippen LogP contribution in [0.2, 0.25) is 0 Å². The lowest BCUT2D eigenvalue weighted by Crippen LogP contribution is -2.18. The van der Waals surface area contributed by atoms with Crippen molar-refractivity contribution in [2.75, 3.05) is 7.05 Å². The summed E-state index contributed by atoms with van der Waals surface area (Å²) in [5.41, 5.74) is 1.94. The maximum Gasteiger partial charge on any atom is 0.148 e. The van der Waals surface area contributed by atoms with Gasteiger partial charge in [-0.25, -0.2) is 0 Å². The topological polar surface area (TPSA) is 38.1 Å². The van der Waals surface area contributed by atoms with E-state index < -0.39 is 0 Å². The second-order valence-corrected chi connectivity index (χ2v) is 5.53. The van der Waals surface area contributed by atoms with Gasteiger partial charge in [0.05, 0.1) is 10.5 Å². The number of likely N-dealkylation sites (N-methyl/N-ethyl adjacent to an activating group) is 1. The van der Waals surface area contributed by atoms with Crippen LogP contribution in [0, 0.1) is 0 Å². The summed E-state index contributed by atoms with van der Waals surface area (Å²) in [6.07, 6.45) is 2.62. The first-order valence-corrected chi connectivity index (χ1v) is 7.32. The summed E-state index contributed by atoms with van der Waals surface area (Å²) in [6, 6.07) is 14.2. The average molecular weight is 331 g/mol. The van der Waals surface area contributed by atoms with Crippen molar-refractivity contribution in [2.45, 2.75) is 12.5 Å². The Morgan fingerprint density at radius 3 is 2.85 bits per heavy atom. The van der Waals surface area contributed by atoms with Gasteiger partial charge in [0.15, 0.2) is 0 Å². The average Bonchev–Trinajstić information content (AvgIpc) is 2.91. The number of furan rings is 1. The first-order chi connectivity index (χ1) is 9.78. The molecule has 3 nitrogen and oxygen atoms in total. The third kappa shape index (κ3) is 2.62. The zero-order valence-corrected chi connectivity index (χ0v) is 12.7. The van der Waals surface area contributed by atoms with Gasteiger partial charge in [0.1, 0.15) is 11.3 Å². The van der Waals surface area contributed by atoms with E-state index in [1.807, 2.05) is 43.6 Å². The molecule has 0 aliphatic rings. The first-order valence-electron chi connectivity index (χ1n) is 6.53. The van der Waals surface area contributed by atoms with E-state index in [0.29, 0.717) is 0 Å². The molecule has 1 unspecified atom stereocenters. The molecule has 1 atom stereocenters. The fourth-order valence-electron chi connectivity index (χ4n) is 2.29. The summed E-state index contributed by atoms with van der Waals surface area (Å²) < 4.78 is 6.97. The zero-order valence-electron chi connectivity index (χ0n) is 11.1. The van der Waals surface area contributed by atoms with E-state index in [2.05, 4.69) is 38.4 Å². The number of benzene rings is 1. The highest BCUT2D eigenvalue weighted by Crippen LogP contribution is 2.30. The molecule has 2 aromatic heterocycles. The van der Waals surface area contributed by atoms with Gasteiger partial charge in [-0.3, -0.25) is 4.98 Å². The highest BCUT2D eigenvalue weighted by atomic mass is 79.9. The van der Waals surface area contributed by atoms with Crippen molar-refractivity contribution in [3.63, 3.8) is 0 Å². The van der Waals surface area contributed by atoms with E-state index in [1.165, 1.54) is 0 Å². The fourth-order valence-corrected chi connectivity index (χ4v) is 2.75. The highest BCUT2D eigenvalue weighted by molar-refractivity contribution is 9.10. The summed E-state index contributed by atoms with van der Waals surface area (Å²) >= 11 is 3.52. The number of para-hydroxylation sites is 1. The molecule has 0 radical (unpaired) electrons. The van der Waals surface area contributed by atoms with Gasteiger partial charge in [-0.05, 0) is 47.2 Å². The van der Waals surface area contributed by atoms with Crippen molar-refractivity contribution in [3.05, 3.63) is 64.6 Å². The van der Waals surface area contributed by atoms with Crippen LogP contribution in [0.15, 0.2) is 57.6 Å². The number of halogens is 1. The number of fused-ring (bicyclic) bond motifs is 1. The zero-order chi connectivity index (χ0) is 13.9. The van der Waals surface area contributed by atoms with Crippen LogP contribution in [0.3, 0.4) is 0 Å². The molecule has 0 saturated carbocycles. The molecular formula is C16H15BrN2O. The molecular weight excluding hydrogens is 316 g/mol. The number of nitrogens with one attached hydrogen (secondary N) is 1. The number of pyridine rings is 1. The molecule has 1 N–H and O–H groups in total. The molecule has 0 amide bonds. The largest absolute Gasteiger partial charge is 0.458 e. The summed E-state index contributed by atoms with van der Waals surface area (Å²) in [6.45, 7) is 0. The third-order valence-corrected chi connectivity index (χ3v) is 3.97. The molecule has 0 bridgehead atoms. The predicted molar refractivity (Wildman–Crippen MR) is 83.7 cm³/mol. The van der Waals surface area contributed by atoms with Crippen LogP contribution in [0.25, 0.3) is 11.0 Å². The van der Waals surface area contributed by atoms with E-state index in [-0.39, 0.29) is 6.04 Å². The Kier molecular flexibility index (Phi) is 3.85. The fraction of sp³-hybridized carbons (Fsp3) is 0.188. The van der Waals surface area contributed by atoms with Crippen molar-refractivity contribution in [1.29, 1.82) is 0 Å². The Morgan fingerprint density at radius 2 is 2.15 bits per heavy atom. The van der Waals surface area contributed by atoms with E-state index >= 15 is 0 Å². The smallest absolute Gasteiger partial charge is 0.148 e. The molecule has 4 heteroatoms. The van der Waals surface area contributed by atoms with Gasteiger partial charge >= 0.3 is 0 Å². The van der Waals surface area contributed by atoms with Crippen LogP contribution in [0.1, 0.15) is 17.5 Å². The molecule has 0 spiro atoms. The van der Waals surface area contributed by atoms with Gasteiger partial charge in [0.25, 0.3) is 0 Å². The second-order valence-electron chi connectivity index (χ2n) is 4.67. The van der Waals surface area contributed by atoms with E-state index in [4.69, 9.17) is 4.42 Å². The van der Waals surface area contributed by atoms with E-state index in [9.17, 15) is 0 Å². The van der Waals surface area contributed by atoms with Crippen LogP contribution >= 0.6 is 15.9 Å². The van der Waals surface area contributed by atoms with Crippen LogP contribution < -0.4 is 5.32 Å². The number of aromatic nitrogens is 1. The van der Waals surface area contributed by atoms with E-state index in [1.54, 1.807) is 0 Å². The van der Waals surface area contributed by atoms with Crippen LogP contribution in [0.5, 0.6) is 0 Å². The lowest BCUT2D eigenvalue weighted by molar-refractivity contribution is 0.447. The molecule has 0 aliphatic carbocycles. The Labute approximate surface area is 126 Å². The summed E-state index contributed by atoms with van der Waals surface area (Å²) in [7, 11) is 1.94. The first kappa shape index (κ1) is 13.3. The predicted octanol–water partition coefficient (Wildman–Crippen LogP) is 4.09. The Balaban J connectivity index is 1.93. The molecule has 2 heterocycles. The molecule has 3 aromatic rings. The van der Waals surface area contributed by atoms with Gasteiger partial charge in [-0.1, -0.05) is 18.2 Å². The van der Waals surface area contributed by atoms with Crippen LogP contribution in [-0.4, -0.2) is 12.0 Å². The summed E-state index contributed by atoms with van der Waals surface area (Å²) in [5, 5.41) is 4.41. The number of hydrogen-bond acceptors (Lipinski definition) is 3. The second kappa shape index (κ2) is 5.77. The Bertz CT molecular complexity index is 709. The molecule has 102 valence electrons. The maximum atomic E-state index is 5.99. The highest BCUT2D eigenvalue weighted by Gasteiger charge is 2.16. The van der Waals surface area contributed by atoms with Gasteiger partial charge < -0.3 is 9.73 Å². The molecule has 0 saturated heterocycles. The van der Waals surface area contributed by atoms with Crippen molar-refractivity contribution >= 4 is 26.9 Å². The Morgan fingerprint density at radius 1 is 1.25 bits per heavy atom. The number of rotatable bonds is 4. The third-order valence-electron chi connectivity index (χ3n) is 3.35. The molecule has 0 aliphatic heterocycles. The number of hydrogen-bond donors (Lipinski definition) is 1. The van der Waals surface area contributed by atoms with Crippen molar-refractivity contribution in [3.8, 4) is 0 Å². The normalized spacial score (nSPS) is 12.7. The van der Waals surface area contributed by atoms with Crippen molar-refractivity contribution in [1.82, 2.24) is 10.3 Å². The van der Waals surface area contributed by atoms with Crippen LogP contribution in [0.4, 0.5) is 0 Å². The quantitative estimate of drug-likeness (QED) is 0.782. The SMILES string of the molecule is CNC(Cc1ccccn1)c1cc2cccc(Br)c2o1. The Hall–Kier alpha value is -1.65. The minimum atomic E-state index is 0.115. The van der Waals surface area contributed by atoms with Gasteiger partial charge in [-0.2, -0.15) is 0 Å². The monoisotopic (exact) mass is 330 g/mol. The van der Waals surface area contributed by atoms with Crippen LogP contribution in [-0.2, 0) is 6.42 Å². The summed E-state index contributed by atoms with van der Waals surface area (Å²) in [5.74, 6) is 0.931. The minimum absolute atomic E-state index is 0.115. The van der Waals surface area contributed by atoms with Gasteiger partial charge in [0.2, 0.25) is 0 Å². The van der Waals surface area contributed by atoms with Crippen molar-refractivity contribution < 1.29 is 4.42 Å². The minimum Gasteiger partial charge on any atom is -0.458 e. The van der Waals surface area contributed by atoms with Crippen molar-refractivity contribution in [2.24, 2.45) is 0 Å². The van der Waals surface area contributed by atoms with E-state index in [0.717, 1.165) is 33.3 Å². The molecule has 0 fully saturated rings. The summed E-state index contributed by atoms with van der Waals surface area (Å²) in [4.78, 5) is 4.37. The standard InChI is InChI=1S/C16H15BrN2O/c1-18-14(10-12-6-2-3-8-19-12)15-9-11-5-4-7-13(17)16(11)20-15/h2-9,14,18H,10H2,1H3. The van der Waals surface area contributed by atoms with Gasteiger partial charge in [0, 0.05) is 23.7 Å². The lowest BCUT2D eigenvalue weighted by Gasteiger charge is -2.12. The molecule has 3 rings (SSSR count). The van der Waals surface area contributed by atoms with Gasteiger partial charge in [-0.15, -0.1) is 0 Å². The number of nitrogens with zero attached hydrogens (tertiary/aromatic N) is 1. The molecule has 20 heavy (non-hydrogen) atoms.